The minimum absolute atomic E-state index is 0.0323. The number of benzene rings is 1. The molecular formula is C6H10N3PSi. The Morgan fingerprint density at radius 3 is 2.55 bits per heavy atom. The molecule has 0 spiro atoms. The van der Waals surface area contributed by atoms with Crippen LogP contribution in [0.4, 0.5) is 5.69 Å². The SMILES string of the molecule is c1ccc(NP2NN[SiH2]2)cc1. The van der Waals surface area contributed by atoms with E-state index in [1.54, 1.807) is 0 Å². The molecule has 1 saturated heterocycles. The van der Waals surface area contributed by atoms with Crippen LogP contribution in [0.1, 0.15) is 0 Å². The van der Waals surface area contributed by atoms with Gasteiger partial charge in [0.1, 0.15) is 0 Å². The molecule has 1 fully saturated rings. The summed E-state index contributed by atoms with van der Waals surface area (Å²) in [6, 6.07) is 10.3. The lowest BCUT2D eigenvalue weighted by atomic mass is 10.3. The second kappa shape index (κ2) is 3.32. The van der Waals surface area contributed by atoms with Crippen LogP contribution in [-0.4, -0.2) is 9.35 Å². The third kappa shape index (κ3) is 1.78. The van der Waals surface area contributed by atoms with Gasteiger partial charge in [-0.3, -0.25) is 5.09 Å². The average Bonchev–Trinajstić information content (AvgIpc) is 1.99. The molecule has 1 unspecified atom stereocenters. The summed E-state index contributed by atoms with van der Waals surface area (Å²) in [6.07, 6.45) is 0. The van der Waals surface area contributed by atoms with Gasteiger partial charge in [-0.05, 0) is 12.1 Å². The number of hydrogen-bond donors (Lipinski definition) is 3. The van der Waals surface area contributed by atoms with Crippen LogP contribution in [-0.2, 0) is 0 Å². The van der Waals surface area contributed by atoms with Gasteiger partial charge in [0.25, 0.3) is 0 Å². The molecule has 11 heavy (non-hydrogen) atoms. The maximum absolute atomic E-state index is 3.43. The van der Waals surface area contributed by atoms with Crippen LogP contribution in [0, 0.1) is 0 Å². The molecule has 1 aromatic carbocycles. The first-order valence-electron chi connectivity index (χ1n) is 3.53. The Balaban J connectivity index is 1.95. The summed E-state index contributed by atoms with van der Waals surface area (Å²) in [4.78, 5) is 0. The van der Waals surface area contributed by atoms with Gasteiger partial charge in [0.2, 0.25) is 0 Å². The normalized spacial score (nSPS) is 24.5. The molecule has 0 aromatic heterocycles. The van der Waals surface area contributed by atoms with Crippen LogP contribution in [0.15, 0.2) is 30.3 Å². The van der Waals surface area contributed by atoms with Gasteiger partial charge in [-0.2, -0.15) is 0 Å². The van der Waals surface area contributed by atoms with E-state index in [-0.39, 0.29) is 17.1 Å². The summed E-state index contributed by atoms with van der Waals surface area (Å²) in [7, 11) is -0.0786. The standard InChI is InChI=1S/C6H10N3PSi/c1-2-4-6(5-3-1)7-10-8-9-11-10/h1-5,7-9H,11H2. The fourth-order valence-corrected chi connectivity index (χ4v) is 3.54. The van der Waals surface area contributed by atoms with E-state index in [4.69, 9.17) is 0 Å². The van der Waals surface area contributed by atoms with Crippen LogP contribution in [0.25, 0.3) is 0 Å². The highest BCUT2D eigenvalue weighted by atomic mass is 31.4. The van der Waals surface area contributed by atoms with Crippen molar-refractivity contribution >= 4 is 22.8 Å². The van der Waals surface area contributed by atoms with E-state index in [0.29, 0.717) is 0 Å². The lowest BCUT2D eigenvalue weighted by molar-refractivity contribution is 0.929. The van der Waals surface area contributed by atoms with E-state index in [9.17, 15) is 0 Å². The Bertz CT molecular complexity index is 227. The first-order chi connectivity index (χ1) is 5.45. The molecule has 0 aliphatic carbocycles. The molecule has 2 rings (SSSR count). The summed E-state index contributed by atoms with van der Waals surface area (Å²) in [5.74, 6) is 0. The molecule has 0 radical (unpaired) electrons. The highest BCUT2D eigenvalue weighted by Crippen LogP contribution is 2.31. The first kappa shape index (κ1) is 7.25. The molecule has 1 aliphatic heterocycles. The highest BCUT2D eigenvalue weighted by molar-refractivity contribution is 7.87. The molecule has 3 nitrogen and oxygen atoms in total. The molecular weight excluding hydrogens is 173 g/mol. The van der Waals surface area contributed by atoms with Crippen molar-refractivity contribution < 1.29 is 0 Å². The van der Waals surface area contributed by atoms with Crippen molar-refractivity contribution in [3.8, 4) is 0 Å². The second-order valence-corrected chi connectivity index (χ2v) is 7.17. The van der Waals surface area contributed by atoms with Crippen molar-refractivity contribution in [3.63, 3.8) is 0 Å². The molecule has 0 saturated carbocycles. The van der Waals surface area contributed by atoms with Crippen LogP contribution in [0.2, 0.25) is 0 Å². The average molecular weight is 183 g/mol. The quantitative estimate of drug-likeness (QED) is 0.462. The predicted octanol–water partition coefficient (Wildman–Crippen LogP) is 0.517. The van der Waals surface area contributed by atoms with E-state index in [1.165, 1.54) is 5.69 Å². The van der Waals surface area contributed by atoms with Crippen LogP contribution in [0.3, 0.4) is 0 Å². The van der Waals surface area contributed by atoms with Gasteiger partial charge in [0.05, 0.1) is 7.77 Å². The summed E-state index contributed by atoms with van der Waals surface area (Å²) < 4.78 is 0. The van der Waals surface area contributed by atoms with Gasteiger partial charge in [0.15, 0.2) is 9.35 Å². The maximum Gasteiger partial charge on any atom is 0.179 e. The van der Waals surface area contributed by atoms with Crippen molar-refractivity contribution in [2.45, 2.75) is 0 Å². The van der Waals surface area contributed by atoms with Crippen molar-refractivity contribution in [3.05, 3.63) is 30.3 Å². The van der Waals surface area contributed by atoms with E-state index >= 15 is 0 Å². The lowest BCUT2D eigenvalue weighted by Crippen LogP contribution is -2.46. The number of nitrogens with one attached hydrogen (secondary N) is 3. The number of rotatable bonds is 2. The van der Waals surface area contributed by atoms with E-state index in [2.05, 4.69) is 27.5 Å². The number of anilines is 1. The molecule has 1 aliphatic rings. The van der Waals surface area contributed by atoms with Gasteiger partial charge in [0, 0.05) is 5.69 Å². The fraction of sp³-hybridized carbons (Fsp3) is 0. The summed E-state index contributed by atoms with van der Waals surface area (Å²) >= 11 is 0. The molecule has 58 valence electrons. The number of hydrazine groups is 1. The molecule has 3 N–H and O–H groups in total. The van der Waals surface area contributed by atoms with Crippen LogP contribution < -0.4 is 15.4 Å². The topological polar surface area (TPSA) is 36.1 Å². The van der Waals surface area contributed by atoms with Gasteiger partial charge in [-0.25, -0.2) is 5.20 Å². The number of para-hydroxylation sites is 1. The molecule has 5 heteroatoms. The predicted molar refractivity (Wildman–Crippen MR) is 51.8 cm³/mol. The van der Waals surface area contributed by atoms with Crippen molar-refractivity contribution in [2.24, 2.45) is 0 Å². The number of hydrogen-bond acceptors (Lipinski definition) is 3. The van der Waals surface area contributed by atoms with Crippen molar-refractivity contribution in [1.82, 2.24) is 10.3 Å². The first-order valence-corrected chi connectivity index (χ1v) is 7.66. The smallest absolute Gasteiger partial charge is 0.179 e. The Morgan fingerprint density at radius 1 is 1.27 bits per heavy atom. The van der Waals surface area contributed by atoms with Gasteiger partial charge in [-0.1, -0.05) is 18.2 Å². The second-order valence-electron chi connectivity index (χ2n) is 2.35. The molecule has 1 heterocycles. The molecule has 1 aromatic rings. The van der Waals surface area contributed by atoms with Gasteiger partial charge < -0.3 is 5.09 Å². The van der Waals surface area contributed by atoms with Crippen molar-refractivity contribution in [2.75, 3.05) is 5.09 Å². The fourth-order valence-electron chi connectivity index (χ4n) is 0.894. The van der Waals surface area contributed by atoms with E-state index in [0.717, 1.165) is 0 Å². The zero-order chi connectivity index (χ0) is 7.52. The Hall–Kier alpha value is -0.413. The lowest BCUT2D eigenvalue weighted by Gasteiger charge is -2.29. The Kier molecular flexibility index (Phi) is 2.19. The van der Waals surface area contributed by atoms with E-state index in [1.807, 2.05) is 18.2 Å². The third-order valence-electron chi connectivity index (χ3n) is 1.49. The van der Waals surface area contributed by atoms with E-state index < -0.39 is 0 Å². The molecule has 0 amide bonds. The minimum atomic E-state index is -0.0463. The summed E-state index contributed by atoms with van der Waals surface area (Å²) in [5, 5.41) is 9.73. The van der Waals surface area contributed by atoms with Gasteiger partial charge in [-0.15, -0.1) is 0 Å². The Morgan fingerprint density at radius 2 is 2.00 bits per heavy atom. The zero-order valence-electron chi connectivity index (χ0n) is 6.04. The minimum Gasteiger partial charge on any atom is -0.354 e. The zero-order valence-corrected chi connectivity index (χ0v) is 8.35. The van der Waals surface area contributed by atoms with Crippen LogP contribution in [0.5, 0.6) is 0 Å². The monoisotopic (exact) mass is 183 g/mol. The highest BCUT2D eigenvalue weighted by Gasteiger charge is 2.15. The largest absolute Gasteiger partial charge is 0.354 e. The third-order valence-corrected chi connectivity index (χ3v) is 5.77. The molecule has 1 atom stereocenters. The van der Waals surface area contributed by atoms with Crippen LogP contribution >= 0.6 is 7.77 Å². The Labute approximate surface area is 69.2 Å². The molecule has 0 bridgehead atoms. The van der Waals surface area contributed by atoms with Gasteiger partial charge >= 0.3 is 0 Å². The maximum atomic E-state index is 3.43. The summed E-state index contributed by atoms with van der Waals surface area (Å²) in [5.41, 5.74) is 1.22. The summed E-state index contributed by atoms with van der Waals surface area (Å²) in [6.45, 7) is 0. The van der Waals surface area contributed by atoms with Crippen molar-refractivity contribution in [1.29, 1.82) is 0 Å².